The third-order valence-corrected chi connectivity index (χ3v) is 4.33. The van der Waals surface area contributed by atoms with Crippen molar-refractivity contribution in [2.75, 3.05) is 11.9 Å². The number of alkyl halides is 3. The van der Waals surface area contributed by atoms with Gasteiger partial charge in [-0.15, -0.1) is 0 Å². The number of hydrogen-bond donors (Lipinski definition) is 1. The standard InChI is InChI=1S/C19H20F3N5O2/c1-4-16(28)25-17-14-9-27(26-15(14)5-6-23-17)12(3)13-7-11(2)18(24-8-13)29-10-19(20,21)22/h5-9,12H,4,10H2,1-3H3,(H,23,25,28). The molecular weight excluding hydrogens is 387 g/mol. The van der Waals surface area contributed by atoms with Gasteiger partial charge in [0.1, 0.15) is 5.82 Å². The van der Waals surface area contributed by atoms with E-state index in [1.165, 1.54) is 6.20 Å². The van der Waals surface area contributed by atoms with E-state index in [1.54, 1.807) is 43.1 Å². The normalized spacial score (nSPS) is 12.8. The molecule has 1 unspecified atom stereocenters. The van der Waals surface area contributed by atoms with Crippen LogP contribution in [-0.2, 0) is 4.79 Å². The number of nitrogens with zero attached hydrogens (tertiary/aromatic N) is 4. The quantitative estimate of drug-likeness (QED) is 0.667. The largest absolute Gasteiger partial charge is 0.468 e. The zero-order chi connectivity index (χ0) is 21.2. The van der Waals surface area contributed by atoms with Gasteiger partial charge in [0, 0.05) is 30.6 Å². The predicted molar refractivity (Wildman–Crippen MR) is 101 cm³/mol. The predicted octanol–water partition coefficient (Wildman–Crippen LogP) is 4.03. The van der Waals surface area contributed by atoms with Crippen LogP contribution in [0.25, 0.3) is 10.9 Å². The molecule has 0 saturated heterocycles. The first-order valence-electron chi connectivity index (χ1n) is 8.97. The molecule has 0 bridgehead atoms. The number of carbonyl (C=O) groups is 1. The SMILES string of the molecule is CCC(=O)Nc1nccc2nn(C(C)c3cnc(OCC(F)(F)F)c(C)c3)cc12. The van der Waals surface area contributed by atoms with Crippen molar-refractivity contribution in [2.24, 2.45) is 0 Å². The van der Waals surface area contributed by atoms with E-state index in [4.69, 9.17) is 4.74 Å². The van der Waals surface area contributed by atoms with Crippen LogP contribution in [0.2, 0.25) is 0 Å². The number of amides is 1. The van der Waals surface area contributed by atoms with Crippen molar-refractivity contribution in [3.63, 3.8) is 0 Å². The molecule has 3 heterocycles. The zero-order valence-corrected chi connectivity index (χ0v) is 16.1. The molecule has 10 heteroatoms. The first-order valence-corrected chi connectivity index (χ1v) is 8.97. The van der Waals surface area contributed by atoms with Gasteiger partial charge in [0.05, 0.1) is 16.9 Å². The van der Waals surface area contributed by atoms with E-state index in [0.29, 0.717) is 28.7 Å². The van der Waals surface area contributed by atoms with Crippen LogP contribution in [0.3, 0.4) is 0 Å². The lowest BCUT2D eigenvalue weighted by Crippen LogP contribution is -2.20. The molecule has 0 aliphatic carbocycles. The molecule has 154 valence electrons. The fourth-order valence-corrected chi connectivity index (χ4v) is 2.75. The van der Waals surface area contributed by atoms with Gasteiger partial charge < -0.3 is 10.1 Å². The lowest BCUT2D eigenvalue weighted by molar-refractivity contribution is -0.154. The molecule has 3 aromatic heterocycles. The van der Waals surface area contributed by atoms with E-state index < -0.39 is 12.8 Å². The maximum absolute atomic E-state index is 12.3. The fraction of sp³-hybridized carbons (Fsp3) is 0.368. The van der Waals surface area contributed by atoms with Crippen molar-refractivity contribution in [1.82, 2.24) is 19.7 Å². The van der Waals surface area contributed by atoms with Gasteiger partial charge in [-0.2, -0.15) is 18.3 Å². The highest BCUT2D eigenvalue weighted by Crippen LogP contribution is 2.27. The summed E-state index contributed by atoms with van der Waals surface area (Å²) in [6.45, 7) is 3.88. The highest BCUT2D eigenvalue weighted by Gasteiger charge is 2.29. The monoisotopic (exact) mass is 407 g/mol. The second-order valence-corrected chi connectivity index (χ2v) is 6.57. The third-order valence-electron chi connectivity index (χ3n) is 4.33. The van der Waals surface area contributed by atoms with Crippen LogP contribution in [0.4, 0.5) is 19.0 Å². The van der Waals surface area contributed by atoms with Gasteiger partial charge in [-0.1, -0.05) is 6.92 Å². The van der Waals surface area contributed by atoms with Gasteiger partial charge in [0.25, 0.3) is 0 Å². The molecule has 0 aromatic carbocycles. The van der Waals surface area contributed by atoms with Crippen LogP contribution in [0.5, 0.6) is 5.88 Å². The van der Waals surface area contributed by atoms with Gasteiger partial charge >= 0.3 is 6.18 Å². The number of fused-ring (bicyclic) bond motifs is 1. The summed E-state index contributed by atoms with van der Waals surface area (Å²) in [5.41, 5.74) is 1.91. The number of halogens is 3. The summed E-state index contributed by atoms with van der Waals surface area (Å²) < 4.78 is 43.5. The maximum Gasteiger partial charge on any atom is 0.422 e. The Morgan fingerprint density at radius 1 is 1.34 bits per heavy atom. The van der Waals surface area contributed by atoms with Gasteiger partial charge in [-0.3, -0.25) is 9.48 Å². The number of aromatic nitrogens is 4. The molecule has 7 nitrogen and oxygen atoms in total. The van der Waals surface area contributed by atoms with Crippen LogP contribution in [0, 0.1) is 6.92 Å². The Morgan fingerprint density at radius 2 is 2.10 bits per heavy atom. The van der Waals surface area contributed by atoms with E-state index in [-0.39, 0.29) is 17.8 Å². The zero-order valence-electron chi connectivity index (χ0n) is 16.1. The Balaban J connectivity index is 1.85. The molecule has 0 saturated carbocycles. The van der Waals surface area contributed by atoms with Crippen LogP contribution in [-0.4, -0.2) is 38.4 Å². The average Bonchev–Trinajstić information content (AvgIpc) is 3.11. The number of nitrogens with one attached hydrogen (secondary N) is 1. The number of hydrogen-bond acceptors (Lipinski definition) is 5. The topological polar surface area (TPSA) is 81.9 Å². The number of anilines is 1. The lowest BCUT2D eigenvalue weighted by Gasteiger charge is -2.15. The smallest absolute Gasteiger partial charge is 0.422 e. The number of pyridine rings is 2. The fourth-order valence-electron chi connectivity index (χ4n) is 2.75. The van der Waals surface area contributed by atoms with E-state index in [2.05, 4.69) is 20.4 Å². The number of carbonyl (C=O) groups excluding carboxylic acids is 1. The summed E-state index contributed by atoms with van der Waals surface area (Å²) in [5.74, 6) is 0.218. The van der Waals surface area contributed by atoms with E-state index >= 15 is 0 Å². The highest BCUT2D eigenvalue weighted by molar-refractivity contribution is 5.98. The van der Waals surface area contributed by atoms with Gasteiger partial charge in [-0.25, -0.2) is 9.97 Å². The van der Waals surface area contributed by atoms with Crippen LogP contribution in [0.1, 0.15) is 37.4 Å². The van der Waals surface area contributed by atoms with Crippen LogP contribution >= 0.6 is 0 Å². The van der Waals surface area contributed by atoms with Gasteiger partial charge in [-0.05, 0) is 31.5 Å². The minimum absolute atomic E-state index is 0.0577. The van der Waals surface area contributed by atoms with Crippen molar-refractivity contribution in [2.45, 2.75) is 39.4 Å². The van der Waals surface area contributed by atoms with E-state index in [0.717, 1.165) is 5.56 Å². The summed E-state index contributed by atoms with van der Waals surface area (Å²) >= 11 is 0. The second kappa shape index (κ2) is 8.06. The van der Waals surface area contributed by atoms with Gasteiger partial charge in [0.2, 0.25) is 11.8 Å². The highest BCUT2D eigenvalue weighted by atomic mass is 19.4. The van der Waals surface area contributed by atoms with Crippen molar-refractivity contribution >= 4 is 22.6 Å². The van der Waals surface area contributed by atoms with E-state index in [1.807, 2.05) is 6.92 Å². The molecule has 29 heavy (non-hydrogen) atoms. The molecule has 3 rings (SSSR count). The summed E-state index contributed by atoms with van der Waals surface area (Å²) in [4.78, 5) is 19.9. The summed E-state index contributed by atoms with van der Waals surface area (Å²) in [5, 5.41) is 7.96. The Hall–Kier alpha value is -3.17. The van der Waals surface area contributed by atoms with Crippen molar-refractivity contribution in [3.05, 3.63) is 41.9 Å². The van der Waals surface area contributed by atoms with Crippen molar-refractivity contribution in [3.8, 4) is 5.88 Å². The Labute approximate surface area is 164 Å². The minimum atomic E-state index is -4.42. The van der Waals surface area contributed by atoms with Crippen molar-refractivity contribution < 1.29 is 22.7 Å². The van der Waals surface area contributed by atoms with Gasteiger partial charge in [0.15, 0.2) is 6.61 Å². The third kappa shape index (κ3) is 4.82. The molecule has 0 aliphatic heterocycles. The molecular formula is C19H20F3N5O2. The minimum Gasteiger partial charge on any atom is -0.468 e. The molecule has 1 N–H and O–H groups in total. The Morgan fingerprint density at radius 3 is 2.76 bits per heavy atom. The summed E-state index contributed by atoms with van der Waals surface area (Å²) in [6.07, 6.45) is 0.702. The average molecular weight is 407 g/mol. The number of ether oxygens (including phenoxy) is 1. The molecule has 1 amide bonds. The maximum atomic E-state index is 12.3. The second-order valence-electron chi connectivity index (χ2n) is 6.57. The molecule has 0 spiro atoms. The number of aryl methyl sites for hydroxylation is 1. The first kappa shape index (κ1) is 20.6. The summed E-state index contributed by atoms with van der Waals surface area (Å²) in [6, 6.07) is 3.20. The van der Waals surface area contributed by atoms with Crippen molar-refractivity contribution in [1.29, 1.82) is 0 Å². The molecule has 0 aliphatic rings. The summed E-state index contributed by atoms with van der Waals surface area (Å²) in [7, 11) is 0. The first-order chi connectivity index (χ1) is 13.7. The molecule has 0 radical (unpaired) electrons. The van der Waals surface area contributed by atoms with Crippen LogP contribution in [0.15, 0.2) is 30.7 Å². The lowest BCUT2D eigenvalue weighted by atomic mass is 10.1. The van der Waals surface area contributed by atoms with Crippen LogP contribution < -0.4 is 10.1 Å². The molecule has 0 fully saturated rings. The molecule has 1 atom stereocenters. The number of rotatable bonds is 6. The Bertz CT molecular complexity index is 1030. The Kier molecular flexibility index (Phi) is 5.71. The van der Waals surface area contributed by atoms with E-state index in [9.17, 15) is 18.0 Å². The molecule has 3 aromatic rings.